The first-order valence-corrected chi connectivity index (χ1v) is 9.56. The van der Waals surface area contributed by atoms with Gasteiger partial charge in [-0.1, -0.05) is 13.8 Å². The summed E-state index contributed by atoms with van der Waals surface area (Å²) in [5.74, 6) is 2.54. The van der Waals surface area contributed by atoms with Crippen molar-refractivity contribution >= 4 is 41.7 Å². The molecule has 0 amide bonds. The van der Waals surface area contributed by atoms with E-state index in [1.54, 1.807) is 6.26 Å². The highest BCUT2D eigenvalue weighted by atomic mass is 127. The lowest BCUT2D eigenvalue weighted by atomic mass is 10.2. The van der Waals surface area contributed by atoms with E-state index in [1.165, 1.54) is 19.3 Å². The number of hydrogen-bond acceptors (Lipinski definition) is 3. The molecule has 1 heterocycles. The number of halogens is 1. The number of rotatable bonds is 7. The first kappa shape index (κ1) is 20.7. The second-order valence-corrected chi connectivity index (χ2v) is 7.49. The molecule has 4 nitrogen and oxygen atoms in total. The highest BCUT2D eigenvalue weighted by molar-refractivity contribution is 14.0. The second kappa shape index (κ2) is 11.2. The van der Waals surface area contributed by atoms with E-state index in [2.05, 4.69) is 30.7 Å². The van der Waals surface area contributed by atoms with E-state index in [0.717, 1.165) is 36.5 Å². The van der Waals surface area contributed by atoms with Crippen LogP contribution in [0.2, 0.25) is 0 Å². The Labute approximate surface area is 161 Å². The molecule has 0 aromatic carbocycles. The Hall–Kier alpha value is -0.370. The molecule has 0 saturated heterocycles. The van der Waals surface area contributed by atoms with Crippen molar-refractivity contribution < 1.29 is 4.42 Å². The van der Waals surface area contributed by atoms with Gasteiger partial charge in [-0.15, -0.1) is 24.0 Å². The first-order valence-electron chi connectivity index (χ1n) is 8.27. The van der Waals surface area contributed by atoms with Gasteiger partial charge in [-0.2, -0.15) is 11.8 Å². The summed E-state index contributed by atoms with van der Waals surface area (Å²) in [6.07, 6.45) is 8.61. The van der Waals surface area contributed by atoms with Crippen LogP contribution >= 0.6 is 35.7 Å². The van der Waals surface area contributed by atoms with Gasteiger partial charge in [0.1, 0.15) is 5.76 Å². The van der Waals surface area contributed by atoms with E-state index in [4.69, 9.17) is 9.41 Å². The molecule has 0 aliphatic heterocycles. The molecule has 1 aliphatic rings. The van der Waals surface area contributed by atoms with Crippen LogP contribution in [0.1, 0.15) is 38.9 Å². The topological polar surface area (TPSA) is 49.6 Å². The predicted molar refractivity (Wildman–Crippen MR) is 111 cm³/mol. The van der Waals surface area contributed by atoms with Crippen LogP contribution in [0.25, 0.3) is 0 Å². The summed E-state index contributed by atoms with van der Waals surface area (Å²) in [6.45, 7) is 6.09. The van der Waals surface area contributed by atoms with E-state index in [-0.39, 0.29) is 24.0 Å². The third kappa shape index (κ3) is 7.83. The summed E-state index contributed by atoms with van der Waals surface area (Å²) in [5, 5.41) is 7.85. The second-order valence-electron chi connectivity index (χ2n) is 6.35. The van der Waals surface area contributed by atoms with E-state index >= 15 is 0 Å². The molecule has 2 unspecified atom stereocenters. The zero-order valence-electron chi connectivity index (χ0n) is 14.4. The van der Waals surface area contributed by atoms with Crippen LogP contribution in [0.5, 0.6) is 0 Å². The molecule has 0 radical (unpaired) electrons. The normalized spacial score (nSPS) is 21.3. The van der Waals surface area contributed by atoms with Crippen molar-refractivity contribution in [3.8, 4) is 0 Å². The van der Waals surface area contributed by atoms with Gasteiger partial charge in [0.15, 0.2) is 5.96 Å². The average Bonchev–Trinajstić information content (AvgIpc) is 3.15. The monoisotopic (exact) mass is 451 g/mol. The van der Waals surface area contributed by atoms with E-state index in [0.29, 0.717) is 12.0 Å². The van der Waals surface area contributed by atoms with Gasteiger partial charge in [-0.25, -0.2) is 0 Å². The zero-order chi connectivity index (χ0) is 15.8. The fourth-order valence-electron chi connectivity index (χ4n) is 2.66. The fourth-order valence-corrected chi connectivity index (χ4v) is 3.46. The van der Waals surface area contributed by atoms with Gasteiger partial charge in [0.05, 0.1) is 6.26 Å². The minimum Gasteiger partial charge on any atom is -0.469 e. The molecule has 1 aromatic rings. The molecular formula is C17H30IN3OS. The van der Waals surface area contributed by atoms with E-state index in [1.807, 2.05) is 23.9 Å². The fraction of sp³-hybridized carbons (Fsp3) is 0.706. The number of thioether (sulfide) groups is 1. The Morgan fingerprint density at radius 2 is 2.26 bits per heavy atom. The van der Waals surface area contributed by atoms with Gasteiger partial charge in [0, 0.05) is 30.8 Å². The maximum Gasteiger partial charge on any atom is 0.191 e. The van der Waals surface area contributed by atoms with Gasteiger partial charge < -0.3 is 15.1 Å². The van der Waals surface area contributed by atoms with Gasteiger partial charge in [-0.05, 0) is 43.6 Å². The largest absolute Gasteiger partial charge is 0.469 e. The molecule has 0 bridgehead atoms. The summed E-state index contributed by atoms with van der Waals surface area (Å²) < 4.78 is 5.37. The molecule has 132 valence electrons. The number of aliphatic imine (C=N–C) groups is 1. The number of nitrogens with zero attached hydrogens (tertiary/aromatic N) is 1. The van der Waals surface area contributed by atoms with Crippen LogP contribution < -0.4 is 10.6 Å². The maximum absolute atomic E-state index is 5.37. The zero-order valence-corrected chi connectivity index (χ0v) is 17.5. The van der Waals surface area contributed by atoms with Gasteiger partial charge in [0.25, 0.3) is 0 Å². The van der Waals surface area contributed by atoms with Crippen molar-refractivity contribution in [1.82, 2.24) is 10.6 Å². The lowest BCUT2D eigenvalue weighted by Crippen LogP contribution is -2.43. The number of guanidine groups is 1. The summed E-state index contributed by atoms with van der Waals surface area (Å²) >= 11 is 1.98. The standard InChI is InChI=1S/C17H29N3OS.HI/c1-13(2)12-19-17(18-9-8-15-5-4-10-21-15)20-14-6-7-16(11-14)22-3;/h4-5,10,13-14,16H,6-9,11-12H2,1-3H3,(H2,18,19,20);1H. The van der Waals surface area contributed by atoms with Crippen LogP contribution in [0.15, 0.2) is 27.8 Å². The lowest BCUT2D eigenvalue weighted by molar-refractivity contribution is 0.505. The number of nitrogens with one attached hydrogen (secondary N) is 2. The van der Waals surface area contributed by atoms with Crippen LogP contribution in [-0.2, 0) is 6.42 Å². The van der Waals surface area contributed by atoms with Crippen LogP contribution in [0, 0.1) is 5.92 Å². The molecule has 0 spiro atoms. The molecule has 23 heavy (non-hydrogen) atoms. The summed E-state index contributed by atoms with van der Waals surface area (Å²) in [5.41, 5.74) is 0. The van der Waals surface area contributed by atoms with Crippen molar-refractivity contribution in [2.24, 2.45) is 10.9 Å². The molecule has 2 atom stereocenters. The van der Waals surface area contributed by atoms with Crippen LogP contribution in [-0.4, -0.2) is 36.6 Å². The molecule has 1 aliphatic carbocycles. The van der Waals surface area contributed by atoms with Crippen molar-refractivity contribution in [1.29, 1.82) is 0 Å². The smallest absolute Gasteiger partial charge is 0.191 e. The van der Waals surface area contributed by atoms with E-state index < -0.39 is 0 Å². The Morgan fingerprint density at radius 1 is 1.43 bits per heavy atom. The third-order valence-electron chi connectivity index (χ3n) is 3.92. The quantitative estimate of drug-likeness (QED) is 0.375. The molecule has 2 N–H and O–H groups in total. The maximum atomic E-state index is 5.37. The van der Waals surface area contributed by atoms with Crippen molar-refractivity contribution in [2.75, 3.05) is 19.3 Å². The lowest BCUT2D eigenvalue weighted by Gasteiger charge is -2.18. The van der Waals surface area contributed by atoms with Crippen LogP contribution in [0.4, 0.5) is 0 Å². The Balaban J connectivity index is 0.00000264. The van der Waals surface area contributed by atoms with Crippen molar-refractivity contribution in [3.63, 3.8) is 0 Å². The average molecular weight is 451 g/mol. The summed E-state index contributed by atoms with van der Waals surface area (Å²) in [7, 11) is 0. The molecule has 1 aromatic heterocycles. The van der Waals surface area contributed by atoms with Gasteiger partial charge >= 0.3 is 0 Å². The van der Waals surface area contributed by atoms with Crippen molar-refractivity contribution in [3.05, 3.63) is 24.2 Å². The summed E-state index contributed by atoms with van der Waals surface area (Å²) in [6, 6.07) is 4.50. The highest BCUT2D eigenvalue weighted by Crippen LogP contribution is 2.28. The first-order chi connectivity index (χ1) is 10.7. The highest BCUT2D eigenvalue weighted by Gasteiger charge is 2.24. The van der Waals surface area contributed by atoms with Crippen molar-refractivity contribution in [2.45, 2.75) is 50.8 Å². The van der Waals surface area contributed by atoms with Gasteiger partial charge in [-0.3, -0.25) is 4.99 Å². The van der Waals surface area contributed by atoms with Crippen LogP contribution in [0.3, 0.4) is 0 Å². The third-order valence-corrected chi connectivity index (χ3v) is 5.01. The minimum atomic E-state index is 0. The van der Waals surface area contributed by atoms with E-state index in [9.17, 15) is 0 Å². The molecule has 2 rings (SSSR count). The Bertz CT molecular complexity index is 451. The SMILES string of the molecule is CSC1CCC(NC(=NCC(C)C)NCCc2ccco2)C1.I. The molecule has 1 fully saturated rings. The Morgan fingerprint density at radius 3 is 2.87 bits per heavy atom. The molecule has 1 saturated carbocycles. The predicted octanol–water partition coefficient (Wildman–Crippen LogP) is 3.92. The molecular weight excluding hydrogens is 421 g/mol. The number of furan rings is 1. The summed E-state index contributed by atoms with van der Waals surface area (Å²) in [4.78, 5) is 4.71. The minimum absolute atomic E-state index is 0. The Kier molecular flexibility index (Phi) is 10.1. The molecule has 6 heteroatoms. The van der Waals surface area contributed by atoms with Gasteiger partial charge in [0.2, 0.25) is 0 Å². The number of hydrogen-bond donors (Lipinski definition) is 2.